The van der Waals surface area contributed by atoms with Crippen LogP contribution in [0.5, 0.6) is 11.5 Å². The molecule has 7 heteroatoms. The fraction of sp³-hybridized carbons (Fsp3) is 0.273. The van der Waals surface area contributed by atoms with Gasteiger partial charge in [0.15, 0.2) is 11.5 Å². The second kappa shape index (κ2) is 5.76. The van der Waals surface area contributed by atoms with E-state index in [1.807, 2.05) is 0 Å². The number of nitrogens with one attached hydrogen (secondary N) is 1. The average Bonchev–Trinajstić information content (AvgIpc) is 3.41. The largest absolute Gasteiger partial charge is 0.454 e. The number of aromatic nitrogens is 1. The standard InChI is InChI=1S/C22H19N3O4/c1-24-10-19(26)25-16(22(24)27)9-14-13-4-2-3-5-15(13)23-20(14)21(25)12-6-7-17-18(8-12)29-11-28-17/h2-8,16,21,23H,9-11H2,1H3/t16-,21?/m1/s1/i1D3,2D,3D,4D,5D,9D2,11D2,16D. The minimum absolute atomic E-state index is 0.00638. The number of hydrogen-bond donors (Lipinski definition) is 1. The molecule has 2 aromatic carbocycles. The van der Waals surface area contributed by atoms with Crippen LogP contribution in [-0.4, -0.2) is 52.9 Å². The summed E-state index contributed by atoms with van der Waals surface area (Å²) in [5.74, 6) is -2.77. The first kappa shape index (κ1) is 8.49. The summed E-state index contributed by atoms with van der Waals surface area (Å²) in [5.41, 5.74) is -0.866. The zero-order valence-electron chi connectivity index (χ0n) is 26.5. The highest BCUT2D eigenvalue weighted by Crippen LogP contribution is 2.44. The van der Waals surface area contributed by atoms with Gasteiger partial charge in [0.05, 0.1) is 19.4 Å². The molecule has 1 unspecified atom stereocenters. The molecule has 2 amide bonds. The molecular weight excluding hydrogens is 370 g/mol. The molecule has 0 radical (unpaired) electrons. The molecule has 2 atom stereocenters. The van der Waals surface area contributed by atoms with Crippen LogP contribution in [-0.2, 0) is 16.0 Å². The van der Waals surface area contributed by atoms with Crippen molar-refractivity contribution in [3.8, 4) is 11.5 Å². The summed E-state index contributed by atoms with van der Waals surface area (Å²) in [6.07, 6.45) is -3.19. The number of carbonyl (C=O) groups excluding carboxylic acids is 2. The molecule has 1 aromatic heterocycles. The third-order valence-electron chi connectivity index (χ3n) is 5.08. The number of fused-ring (bicyclic) bond motifs is 5. The second-order valence-corrected chi connectivity index (χ2v) is 6.69. The maximum atomic E-state index is 13.8. The van der Waals surface area contributed by atoms with Gasteiger partial charge in [0.25, 0.3) is 0 Å². The first-order valence-corrected chi connectivity index (χ1v) is 8.61. The van der Waals surface area contributed by atoms with Gasteiger partial charge in [-0.15, -0.1) is 0 Å². The predicted octanol–water partition coefficient (Wildman–Crippen LogP) is 2.21. The summed E-state index contributed by atoms with van der Waals surface area (Å²) in [7, 11) is 0. The van der Waals surface area contributed by atoms with E-state index in [0.29, 0.717) is 4.90 Å². The first-order valence-electron chi connectivity index (χ1n) is 14.6. The van der Waals surface area contributed by atoms with Gasteiger partial charge in [-0.2, -0.15) is 0 Å². The number of H-pyrrole nitrogens is 1. The molecule has 6 rings (SSSR count). The Morgan fingerprint density at radius 2 is 2.14 bits per heavy atom. The third-order valence-corrected chi connectivity index (χ3v) is 5.08. The lowest BCUT2D eigenvalue weighted by atomic mass is 9.86. The molecule has 146 valence electrons. The maximum absolute atomic E-state index is 13.8. The SMILES string of the molecule is [2H]c1c([2H])c([2H])c2c3c([nH]c2c1[2H])C(c1ccc2c(c1)OC([2H])([2H])O2)N1C(=O)CN(C([2H])([2H])[2H])C(=O)[C@@]1([2H])C3([2H])[2H]. The van der Waals surface area contributed by atoms with Crippen molar-refractivity contribution in [1.82, 2.24) is 14.8 Å². The third kappa shape index (κ3) is 2.24. The van der Waals surface area contributed by atoms with Crippen molar-refractivity contribution < 1.29 is 35.5 Å². The van der Waals surface area contributed by atoms with Crippen LogP contribution < -0.4 is 9.47 Å². The Labute approximate surface area is 183 Å². The minimum atomic E-state index is -3.25. The number of carbonyl (C=O) groups is 2. The Kier molecular flexibility index (Phi) is 1.69. The molecule has 0 aliphatic carbocycles. The van der Waals surface area contributed by atoms with E-state index < -0.39 is 80.2 Å². The number of piperazine rings is 1. The van der Waals surface area contributed by atoms with Gasteiger partial charge in [0.2, 0.25) is 18.6 Å². The summed E-state index contributed by atoms with van der Waals surface area (Å²) in [6, 6.07) is -3.45. The topological polar surface area (TPSA) is 74.9 Å². The number of likely N-dealkylation sites (N-methyl/N-ethyl adjacent to an activating group) is 1. The van der Waals surface area contributed by atoms with Crippen LogP contribution >= 0.6 is 0 Å². The monoisotopic (exact) mass is 401 g/mol. The van der Waals surface area contributed by atoms with Crippen molar-refractivity contribution in [2.45, 2.75) is 18.4 Å². The molecule has 7 nitrogen and oxygen atoms in total. The molecule has 0 saturated carbocycles. The number of rotatable bonds is 1. The van der Waals surface area contributed by atoms with E-state index >= 15 is 0 Å². The molecule has 3 aliphatic heterocycles. The van der Waals surface area contributed by atoms with Gasteiger partial charge in [0.1, 0.15) is 8.76 Å². The highest BCUT2D eigenvalue weighted by atomic mass is 16.7. The Morgan fingerprint density at radius 3 is 3.03 bits per heavy atom. The van der Waals surface area contributed by atoms with Crippen molar-refractivity contribution >= 4 is 22.7 Å². The quantitative estimate of drug-likeness (QED) is 0.678. The lowest BCUT2D eigenvalue weighted by molar-refractivity contribution is -0.157. The van der Waals surface area contributed by atoms with E-state index in [9.17, 15) is 11.0 Å². The van der Waals surface area contributed by atoms with Crippen LogP contribution in [0.4, 0.5) is 0 Å². The molecule has 1 fully saturated rings. The number of aromatic amines is 1. The number of para-hydroxylation sites is 1. The summed E-state index contributed by atoms with van der Waals surface area (Å²) in [4.78, 5) is 30.9. The first-order chi connectivity index (χ1) is 18.8. The molecule has 1 N–H and O–H groups in total. The Bertz CT molecular complexity index is 1700. The number of hydrogen-bond acceptors (Lipinski definition) is 4. The summed E-state index contributed by atoms with van der Waals surface area (Å²) >= 11 is 0. The molecule has 1 saturated heterocycles. The molecule has 4 heterocycles. The van der Waals surface area contributed by atoms with Crippen LogP contribution in [0.1, 0.15) is 39.3 Å². The second-order valence-electron chi connectivity index (χ2n) is 6.69. The zero-order valence-corrected chi connectivity index (χ0v) is 14.5. The van der Waals surface area contributed by atoms with Crippen molar-refractivity contribution in [3.63, 3.8) is 0 Å². The minimum Gasteiger partial charge on any atom is -0.454 e. The van der Waals surface area contributed by atoms with E-state index in [1.54, 1.807) is 0 Å². The molecule has 3 aromatic rings. The highest BCUT2D eigenvalue weighted by molar-refractivity contribution is 5.97. The smallest absolute Gasteiger partial charge is 0.245 e. The van der Waals surface area contributed by atoms with Gasteiger partial charge in [-0.05, 0) is 29.3 Å². The van der Waals surface area contributed by atoms with E-state index in [1.165, 1.54) is 18.2 Å². The normalized spacial score (nSPS) is 35.2. The predicted molar refractivity (Wildman–Crippen MR) is 105 cm³/mol. The Hall–Kier alpha value is -3.48. The summed E-state index contributed by atoms with van der Waals surface area (Å²) in [5, 5.41) is -0.365. The van der Waals surface area contributed by atoms with Gasteiger partial charge in [0, 0.05) is 36.8 Å². The highest BCUT2D eigenvalue weighted by Gasteiger charge is 2.47. The number of benzene rings is 2. The van der Waals surface area contributed by atoms with Crippen LogP contribution in [0, 0.1) is 0 Å². The summed E-state index contributed by atoms with van der Waals surface area (Å²) < 4.78 is 109. The zero-order chi connectivity index (χ0) is 30.2. The molecular formula is C22H19N3O4. The Morgan fingerprint density at radius 1 is 1.28 bits per heavy atom. The fourth-order valence-electron chi connectivity index (χ4n) is 3.82. The van der Waals surface area contributed by atoms with Crippen LogP contribution in [0.2, 0.25) is 0 Å². The number of ether oxygens (including phenoxy) is 2. The van der Waals surface area contributed by atoms with Gasteiger partial charge in [-0.3, -0.25) is 9.59 Å². The molecule has 0 spiro atoms. The Balaban J connectivity index is 1.72. The van der Waals surface area contributed by atoms with E-state index in [0.717, 1.165) is 0 Å². The average molecular weight is 401 g/mol. The van der Waals surface area contributed by atoms with E-state index in [4.69, 9.17) is 24.6 Å². The molecule has 29 heavy (non-hydrogen) atoms. The van der Waals surface area contributed by atoms with Crippen molar-refractivity contribution in [3.05, 3.63) is 59.2 Å². The van der Waals surface area contributed by atoms with Crippen molar-refractivity contribution in [2.75, 3.05) is 20.3 Å². The van der Waals surface area contributed by atoms with Crippen molar-refractivity contribution in [1.29, 1.82) is 0 Å². The maximum Gasteiger partial charge on any atom is 0.245 e. The van der Waals surface area contributed by atoms with Gasteiger partial charge in [-0.25, -0.2) is 0 Å². The fourth-order valence-corrected chi connectivity index (χ4v) is 3.82. The number of amides is 2. The van der Waals surface area contributed by atoms with E-state index in [2.05, 4.69) is 4.98 Å². The van der Waals surface area contributed by atoms with Crippen LogP contribution in [0.25, 0.3) is 10.9 Å². The summed E-state index contributed by atoms with van der Waals surface area (Å²) in [6.45, 7) is -6.73. The lowest BCUT2D eigenvalue weighted by Gasteiger charge is -2.46. The van der Waals surface area contributed by atoms with Crippen LogP contribution in [0.15, 0.2) is 42.4 Å². The lowest BCUT2D eigenvalue weighted by Crippen LogP contribution is -2.62. The number of nitrogens with zero attached hydrogens (tertiary/aromatic N) is 2. The molecule has 3 aliphatic rings. The van der Waals surface area contributed by atoms with Gasteiger partial charge in [-0.1, -0.05) is 24.2 Å². The van der Waals surface area contributed by atoms with Crippen molar-refractivity contribution in [2.24, 2.45) is 0 Å². The molecule has 0 bridgehead atoms. The van der Waals surface area contributed by atoms with Crippen LogP contribution in [0.3, 0.4) is 0 Å². The van der Waals surface area contributed by atoms with E-state index in [-0.39, 0.29) is 38.6 Å². The van der Waals surface area contributed by atoms with Gasteiger partial charge >= 0.3 is 0 Å². The van der Waals surface area contributed by atoms with Gasteiger partial charge < -0.3 is 24.3 Å².